The highest BCUT2D eigenvalue weighted by molar-refractivity contribution is 5.82. The Labute approximate surface area is 167 Å². The first-order valence-corrected chi connectivity index (χ1v) is 8.88. The van der Waals surface area contributed by atoms with Gasteiger partial charge < -0.3 is 9.84 Å². The van der Waals surface area contributed by atoms with Crippen molar-refractivity contribution in [3.63, 3.8) is 0 Å². The topological polar surface area (TPSA) is 90.8 Å². The number of benzene rings is 2. The Balaban J connectivity index is 1.99. The minimum atomic E-state index is -3.17. The maximum absolute atomic E-state index is 13.0. The third-order valence-electron chi connectivity index (χ3n) is 4.48. The van der Waals surface area contributed by atoms with Crippen molar-refractivity contribution in [3.05, 3.63) is 60.2 Å². The van der Waals surface area contributed by atoms with Crippen LogP contribution in [0, 0.1) is 0 Å². The lowest BCUT2D eigenvalue weighted by atomic mass is 9.96. The number of amides is 1. The van der Waals surface area contributed by atoms with Gasteiger partial charge in [0.2, 0.25) is 0 Å². The molecule has 0 saturated carbocycles. The van der Waals surface area contributed by atoms with Crippen molar-refractivity contribution in [2.75, 3.05) is 13.7 Å². The van der Waals surface area contributed by atoms with E-state index in [9.17, 15) is 18.7 Å². The van der Waals surface area contributed by atoms with Crippen LogP contribution in [0.15, 0.2) is 54.6 Å². The van der Waals surface area contributed by atoms with Crippen molar-refractivity contribution in [1.29, 1.82) is 0 Å². The molecule has 0 heterocycles. The van der Waals surface area contributed by atoms with Gasteiger partial charge in [-0.25, -0.2) is 14.3 Å². The Morgan fingerprint density at radius 2 is 1.69 bits per heavy atom. The first-order valence-electron chi connectivity index (χ1n) is 8.88. The molecule has 6 nitrogen and oxygen atoms in total. The fourth-order valence-electron chi connectivity index (χ4n) is 2.71. The Morgan fingerprint density at radius 3 is 2.17 bits per heavy atom. The van der Waals surface area contributed by atoms with Gasteiger partial charge in [-0.05, 0) is 35.7 Å². The summed E-state index contributed by atoms with van der Waals surface area (Å²) >= 11 is 0. The minimum absolute atomic E-state index is 0.0290. The molecule has 0 fully saturated rings. The van der Waals surface area contributed by atoms with Gasteiger partial charge in [-0.2, -0.15) is 0 Å². The first-order chi connectivity index (χ1) is 13.8. The van der Waals surface area contributed by atoms with Crippen LogP contribution in [0.1, 0.15) is 12.5 Å². The van der Waals surface area contributed by atoms with Gasteiger partial charge in [0.05, 0.1) is 7.11 Å². The maximum Gasteiger partial charge on any atom is 0.268 e. The molecule has 0 saturated heterocycles. The van der Waals surface area contributed by atoms with Crippen molar-refractivity contribution in [1.82, 2.24) is 10.8 Å². The van der Waals surface area contributed by atoms with Gasteiger partial charge in [0.25, 0.3) is 12.3 Å². The molecular formula is C21H24F2N2O4. The number of ether oxygens (including phenoxy) is 1. The van der Waals surface area contributed by atoms with Gasteiger partial charge in [-0.3, -0.25) is 15.3 Å². The van der Waals surface area contributed by atoms with Gasteiger partial charge in [0.1, 0.15) is 17.4 Å². The Hall–Kier alpha value is -2.81. The van der Waals surface area contributed by atoms with Crippen LogP contribution in [0.5, 0.6) is 5.75 Å². The van der Waals surface area contributed by atoms with Gasteiger partial charge in [-0.15, -0.1) is 0 Å². The van der Waals surface area contributed by atoms with E-state index in [1.165, 1.54) is 5.48 Å². The maximum atomic E-state index is 13.0. The fourth-order valence-corrected chi connectivity index (χ4v) is 2.71. The third-order valence-corrected chi connectivity index (χ3v) is 4.48. The molecule has 2 atom stereocenters. The molecule has 29 heavy (non-hydrogen) atoms. The summed E-state index contributed by atoms with van der Waals surface area (Å²) in [6.45, 7) is 0.855. The molecule has 156 valence electrons. The second kappa shape index (κ2) is 10.1. The molecule has 2 aromatic carbocycles. The fraction of sp³-hybridized carbons (Fsp3) is 0.286. The first kappa shape index (κ1) is 22.5. The lowest BCUT2D eigenvalue weighted by Gasteiger charge is -2.30. The second-order valence-electron chi connectivity index (χ2n) is 6.60. The second-order valence-corrected chi connectivity index (χ2v) is 6.60. The summed E-state index contributed by atoms with van der Waals surface area (Å²) in [5, 5.41) is 21.0. The van der Waals surface area contributed by atoms with E-state index in [-0.39, 0.29) is 6.54 Å². The Kier molecular flexibility index (Phi) is 7.83. The summed E-state index contributed by atoms with van der Waals surface area (Å²) in [4.78, 5) is 11.6. The third kappa shape index (κ3) is 5.83. The highest BCUT2D eigenvalue weighted by Gasteiger charge is 2.44. The van der Waals surface area contributed by atoms with Crippen LogP contribution in [-0.4, -0.2) is 47.9 Å². The SMILES string of the molecule is COc1ccc(-c2ccc(/C=C/CN[C@H](C(=O)NO)[C@](C)(O)C(F)F)cc2)cc1. The van der Waals surface area contributed by atoms with Crippen molar-refractivity contribution < 1.29 is 28.6 Å². The highest BCUT2D eigenvalue weighted by atomic mass is 19.3. The number of halogens is 2. The van der Waals surface area contributed by atoms with E-state index in [1.807, 2.05) is 48.5 Å². The average Bonchev–Trinajstić information content (AvgIpc) is 2.73. The summed E-state index contributed by atoms with van der Waals surface area (Å²) in [6, 6.07) is 13.6. The van der Waals surface area contributed by atoms with Crippen molar-refractivity contribution >= 4 is 12.0 Å². The zero-order valence-corrected chi connectivity index (χ0v) is 16.1. The normalized spacial score (nSPS) is 14.6. The van der Waals surface area contributed by atoms with Crippen LogP contribution in [0.25, 0.3) is 17.2 Å². The Bertz CT molecular complexity index is 822. The van der Waals surface area contributed by atoms with Crippen molar-refractivity contribution in [2.24, 2.45) is 0 Å². The van der Waals surface area contributed by atoms with E-state index in [1.54, 1.807) is 19.3 Å². The van der Waals surface area contributed by atoms with Gasteiger partial charge >= 0.3 is 0 Å². The Morgan fingerprint density at radius 1 is 1.14 bits per heavy atom. The zero-order valence-electron chi connectivity index (χ0n) is 16.1. The van der Waals surface area contributed by atoms with E-state index in [0.29, 0.717) is 0 Å². The van der Waals surface area contributed by atoms with E-state index in [2.05, 4.69) is 5.32 Å². The molecule has 0 bridgehead atoms. The number of aliphatic hydroxyl groups is 1. The lowest BCUT2D eigenvalue weighted by molar-refractivity contribution is -0.150. The highest BCUT2D eigenvalue weighted by Crippen LogP contribution is 2.23. The molecule has 0 spiro atoms. The number of nitrogens with one attached hydrogen (secondary N) is 2. The number of hydroxylamine groups is 1. The molecule has 4 N–H and O–H groups in total. The number of alkyl halides is 2. The van der Waals surface area contributed by atoms with Gasteiger partial charge in [0.15, 0.2) is 0 Å². The zero-order chi connectivity index (χ0) is 21.4. The van der Waals surface area contributed by atoms with Crippen LogP contribution in [0.2, 0.25) is 0 Å². The van der Waals surface area contributed by atoms with E-state index < -0.39 is 24.0 Å². The number of hydrogen-bond acceptors (Lipinski definition) is 5. The van der Waals surface area contributed by atoms with Crippen LogP contribution < -0.4 is 15.5 Å². The summed E-state index contributed by atoms with van der Waals surface area (Å²) in [5.41, 5.74) is 1.58. The number of methoxy groups -OCH3 is 1. The van der Waals surface area contributed by atoms with Crippen molar-refractivity contribution in [2.45, 2.75) is 25.0 Å². The van der Waals surface area contributed by atoms with Crippen LogP contribution >= 0.6 is 0 Å². The summed E-state index contributed by atoms with van der Waals surface area (Å²) in [7, 11) is 1.61. The van der Waals surface area contributed by atoms with Crippen LogP contribution in [-0.2, 0) is 4.79 Å². The van der Waals surface area contributed by atoms with E-state index in [0.717, 1.165) is 29.4 Å². The molecule has 0 radical (unpaired) electrons. The van der Waals surface area contributed by atoms with Crippen molar-refractivity contribution in [3.8, 4) is 16.9 Å². The molecular weight excluding hydrogens is 382 g/mol. The lowest BCUT2D eigenvalue weighted by Crippen LogP contribution is -2.60. The molecule has 0 aliphatic heterocycles. The summed E-state index contributed by atoms with van der Waals surface area (Å²) in [6.07, 6.45) is 0.198. The smallest absolute Gasteiger partial charge is 0.268 e. The average molecular weight is 406 g/mol. The molecule has 8 heteroatoms. The summed E-state index contributed by atoms with van der Waals surface area (Å²) in [5.74, 6) is -0.368. The predicted octanol–water partition coefficient (Wildman–Crippen LogP) is 2.86. The van der Waals surface area contributed by atoms with Crippen LogP contribution in [0.3, 0.4) is 0 Å². The summed E-state index contributed by atoms with van der Waals surface area (Å²) < 4.78 is 31.1. The number of carbonyl (C=O) groups excluding carboxylic acids is 1. The molecule has 0 aromatic heterocycles. The molecule has 0 unspecified atom stereocenters. The van der Waals surface area contributed by atoms with Gasteiger partial charge in [0, 0.05) is 6.54 Å². The van der Waals surface area contributed by atoms with E-state index in [4.69, 9.17) is 9.94 Å². The molecule has 0 aliphatic rings. The molecule has 1 amide bonds. The number of rotatable bonds is 9. The van der Waals surface area contributed by atoms with Gasteiger partial charge in [-0.1, -0.05) is 48.6 Å². The predicted molar refractivity (Wildman–Crippen MR) is 106 cm³/mol. The monoisotopic (exact) mass is 406 g/mol. The molecule has 2 rings (SSSR count). The van der Waals surface area contributed by atoms with Crippen LogP contribution in [0.4, 0.5) is 8.78 Å². The molecule has 0 aliphatic carbocycles. The minimum Gasteiger partial charge on any atom is -0.497 e. The number of carbonyl (C=O) groups is 1. The molecule has 2 aromatic rings. The quantitative estimate of drug-likeness (QED) is 0.380. The largest absolute Gasteiger partial charge is 0.497 e. The standard InChI is InChI=1S/C21H24F2N2O4/c1-21(27,20(22)23)18(19(26)25-28)24-13-3-4-14-5-7-15(8-6-14)16-9-11-17(29-2)12-10-16/h3-12,18,20,24,27-28H,13H2,1-2H3,(H,25,26)/b4-3+/t18-,21+/m1/s1. The number of hydrogen-bond donors (Lipinski definition) is 4. The van der Waals surface area contributed by atoms with E-state index >= 15 is 0 Å².